The molecule has 0 radical (unpaired) electrons. The van der Waals surface area contributed by atoms with Crippen molar-refractivity contribution in [2.45, 2.75) is 11.8 Å². The molecule has 2 atom stereocenters. The predicted molar refractivity (Wildman–Crippen MR) is 243 cm³/mol. The lowest BCUT2D eigenvalue weighted by atomic mass is 9.69. The first kappa shape index (κ1) is 32.0. The fourth-order valence-electron chi connectivity index (χ4n) is 9.51. The van der Waals surface area contributed by atoms with E-state index in [0.717, 1.165) is 0 Å². The lowest BCUT2D eigenvalue weighted by Crippen LogP contribution is -2.16. The molecule has 2 heteroatoms. The summed E-state index contributed by atoms with van der Waals surface area (Å²) in [4.78, 5) is 0. The maximum atomic E-state index is 2.48. The summed E-state index contributed by atoms with van der Waals surface area (Å²) in [6, 6.07) is 63.4. The average molecular weight is 747 g/mol. The van der Waals surface area contributed by atoms with Crippen LogP contribution in [0.2, 0.25) is 0 Å². The van der Waals surface area contributed by atoms with E-state index >= 15 is 0 Å². The molecule has 0 spiro atoms. The van der Waals surface area contributed by atoms with Gasteiger partial charge in [-0.05, 0) is 78.9 Å². The van der Waals surface area contributed by atoms with Crippen molar-refractivity contribution in [1.29, 1.82) is 0 Å². The summed E-state index contributed by atoms with van der Waals surface area (Å²) in [6.07, 6.45) is 9.21. The summed E-state index contributed by atoms with van der Waals surface area (Å²) in [7, 11) is 0. The molecule has 0 saturated heterocycles. The van der Waals surface area contributed by atoms with E-state index in [1.54, 1.807) is 0 Å². The Hall–Kier alpha value is -6.32. The van der Waals surface area contributed by atoms with E-state index < -0.39 is 0 Å². The molecule has 262 valence electrons. The highest BCUT2D eigenvalue weighted by Gasteiger charge is 2.32. The Morgan fingerprint density at radius 3 is 1.27 bits per heavy atom. The van der Waals surface area contributed by atoms with Crippen LogP contribution in [0.4, 0.5) is 0 Å². The normalized spacial score (nSPS) is 15.7. The molecule has 2 aliphatic rings. The summed E-state index contributed by atoms with van der Waals surface area (Å²) in [5.74, 6) is 0.713. The Morgan fingerprint density at radius 1 is 0.286 bits per heavy atom. The van der Waals surface area contributed by atoms with E-state index in [1.807, 2.05) is 22.7 Å². The molecule has 0 aliphatic heterocycles. The molecule has 0 fully saturated rings. The largest absolute Gasteiger partial charge is 0.134 e. The van der Waals surface area contributed by atoms with Crippen molar-refractivity contribution in [3.05, 3.63) is 205 Å². The molecule has 8 aromatic carbocycles. The van der Waals surface area contributed by atoms with Crippen LogP contribution in [0.25, 0.3) is 96.0 Å². The lowest BCUT2D eigenvalue weighted by molar-refractivity contribution is 0.720. The Bertz CT molecular complexity index is 3260. The first-order valence-corrected chi connectivity index (χ1v) is 21.1. The number of benzene rings is 8. The highest BCUT2D eigenvalue weighted by molar-refractivity contribution is 7.27. The molecule has 12 rings (SSSR count). The molecule has 56 heavy (non-hydrogen) atoms. The van der Waals surface area contributed by atoms with E-state index in [2.05, 4.69) is 194 Å². The van der Waals surface area contributed by atoms with Crippen molar-refractivity contribution in [2.75, 3.05) is 0 Å². The minimum atomic E-state index is 0.342. The maximum absolute atomic E-state index is 2.48. The third-order valence-corrected chi connectivity index (χ3v) is 14.7. The Balaban J connectivity index is 0.982. The van der Waals surface area contributed by atoms with Gasteiger partial charge in [-0.25, -0.2) is 0 Å². The van der Waals surface area contributed by atoms with Crippen LogP contribution in [-0.4, -0.2) is 0 Å². The van der Waals surface area contributed by atoms with Gasteiger partial charge in [0, 0.05) is 52.2 Å². The third-order valence-electron chi connectivity index (χ3n) is 12.1. The van der Waals surface area contributed by atoms with Crippen LogP contribution in [-0.2, 0) is 0 Å². The van der Waals surface area contributed by atoms with Gasteiger partial charge in [-0.1, -0.05) is 182 Å². The topological polar surface area (TPSA) is 0 Å². The zero-order valence-electron chi connectivity index (χ0n) is 30.4. The third kappa shape index (κ3) is 4.83. The van der Waals surface area contributed by atoms with E-state index in [4.69, 9.17) is 0 Å². The number of hydrogen-bond donors (Lipinski definition) is 0. The molecule has 0 N–H and O–H groups in total. The van der Waals surface area contributed by atoms with Crippen molar-refractivity contribution in [3.8, 4) is 55.6 Å². The molecule has 0 amide bonds. The number of hydrogen-bond acceptors (Lipinski definition) is 2. The summed E-state index contributed by atoms with van der Waals surface area (Å²) in [5.41, 5.74) is 15.8. The zero-order valence-corrected chi connectivity index (χ0v) is 32.1. The summed E-state index contributed by atoms with van der Waals surface area (Å²) in [6.45, 7) is 0. The van der Waals surface area contributed by atoms with Crippen LogP contribution in [0.15, 0.2) is 194 Å². The number of rotatable bonds is 4. The van der Waals surface area contributed by atoms with E-state index in [-0.39, 0.29) is 0 Å². The molecule has 2 aromatic heterocycles. The van der Waals surface area contributed by atoms with Crippen molar-refractivity contribution in [1.82, 2.24) is 0 Å². The molecule has 0 bridgehead atoms. The Labute approximate surface area is 334 Å². The van der Waals surface area contributed by atoms with Gasteiger partial charge in [-0.2, -0.15) is 0 Å². The molecule has 0 nitrogen and oxygen atoms in total. The Morgan fingerprint density at radius 2 is 0.696 bits per heavy atom. The van der Waals surface area contributed by atoms with Gasteiger partial charge in [0.15, 0.2) is 0 Å². The van der Waals surface area contributed by atoms with Gasteiger partial charge < -0.3 is 0 Å². The van der Waals surface area contributed by atoms with Crippen molar-refractivity contribution < 1.29 is 0 Å². The predicted octanol–water partition coefficient (Wildman–Crippen LogP) is 16.1. The number of allylic oxidation sites excluding steroid dienone is 4. The Kier molecular flexibility index (Phi) is 7.20. The highest BCUT2D eigenvalue weighted by Crippen LogP contribution is 2.52. The van der Waals surface area contributed by atoms with Crippen LogP contribution in [0.5, 0.6) is 0 Å². The second-order valence-corrected chi connectivity index (χ2v) is 17.1. The minimum Gasteiger partial charge on any atom is -0.134 e. The van der Waals surface area contributed by atoms with Gasteiger partial charge in [0.1, 0.15) is 0 Å². The lowest BCUT2D eigenvalue weighted by Gasteiger charge is -2.34. The molecule has 2 heterocycles. The van der Waals surface area contributed by atoms with Crippen molar-refractivity contribution in [3.63, 3.8) is 0 Å². The SMILES string of the molecule is C1=CC2c3ccccc3-c3ccc(-c4cccc5c4sc4c(-c6cccc(-c7cccc8c7sc7c(-c9ccccc9)cccc78)c6)cccc45)cc3C2C=C1. The quantitative estimate of drug-likeness (QED) is 0.168. The molecule has 2 aliphatic carbocycles. The van der Waals surface area contributed by atoms with Crippen LogP contribution in [0.3, 0.4) is 0 Å². The van der Waals surface area contributed by atoms with Gasteiger partial charge in [0.05, 0.1) is 0 Å². The maximum Gasteiger partial charge on any atom is 0.0434 e. The number of fused-ring (bicyclic) bond motifs is 12. The highest BCUT2D eigenvalue weighted by atomic mass is 32.1. The molecular weight excluding hydrogens is 713 g/mol. The van der Waals surface area contributed by atoms with Crippen LogP contribution < -0.4 is 0 Å². The van der Waals surface area contributed by atoms with Gasteiger partial charge in [-0.3, -0.25) is 0 Å². The number of thiophene rings is 2. The van der Waals surface area contributed by atoms with E-state index in [1.165, 1.54) is 107 Å². The fraction of sp³-hybridized carbons (Fsp3) is 0.0370. The summed E-state index contributed by atoms with van der Waals surface area (Å²) < 4.78 is 5.38. The smallest absolute Gasteiger partial charge is 0.0434 e. The monoisotopic (exact) mass is 746 g/mol. The summed E-state index contributed by atoms with van der Waals surface area (Å²) in [5, 5.41) is 5.29. The average Bonchev–Trinajstić information content (AvgIpc) is 3.86. The second-order valence-electron chi connectivity index (χ2n) is 15.1. The first-order valence-electron chi connectivity index (χ1n) is 19.4. The zero-order chi connectivity index (χ0) is 36.7. The fourth-order valence-corrected chi connectivity index (χ4v) is 12.3. The van der Waals surface area contributed by atoms with Gasteiger partial charge >= 0.3 is 0 Å². The standard InChI is InChI=1S/C54H34S2/c1-2-13-33(14-3-1)37-21-9-25-46-47-26-10-22-38(52(47)55-51(37)46)34-15-8-16-35(31-34)39-23-11-27-48-49-28-12-24-40(54(49)56-53(39)48)36-29-30-45-43-19-5-4-17-41(43)42-18-6-7-20-44(42)50(45)32-36/h1-32,42,44H. The molecule has 10 aromatic rings. The van der Waals surface area contributed by atoms with E-state index in [0.29, 0.717) is 11.8 Å². The molecule has 2 unspecified atom stereocenters. The molecule has 0 saturated carbocycles. The van der Waals surface area contributed by atoms with Gasteiger partial charge in [0.2, 0.25) is 0 Å². The van der Waals surface area contributed by atoms with Crippen LogP contribution in [0, 0.1) is 0 Å². The van der Waals surface area contributed by atoms with Gasteiger partial charge in [0.25, 0.3) is 0 Å². The second kappa shape index (κ2) is 12.6. The van der Waals surface area contributed by atoms with Crippen LogP contribution in [0.1, 0.15) is 23.0 Å². The molecular formula is C54H34S2. The van der Waals surface area contributed by atoms with E-state index in [9.17, 15) is 0 Å². The van der Waals surface area contributed by atoms with Crippen LogP contribution >= 0.6 is 22.7 Å². The van der Waals surface area contributed by atoms with Gasteiger partial charge in [-0.15, -0.1) is 22.7 Å². The minimum absolute atomic E-state index is 0.342. The van der Waals surface area contributed by atoms with Crippen molar-refractivity contribution >= 4 is 63.0 Å². The van der Waals surface area contributed by atoms with Crippen molar-refractivity contribution in [2.24, 2.45) is 0 Å². The summed E-state index contributed by atoms with van der Waals surface area (Å²) >= 11 is 3.85. The first-order chi connectivity index (χ1) is 27.8.